The van der Waals surface area contributed by atoms with Gasteiger partial charge >= 0.3 is 0 Å². The third-order valence-electron chi connectivity index (χ3n) is 5.67. The highest BCUT2D eigenvalue weighted by Gasteiger charge is 2.17. The molecule has 0 aliphatic carbocycles. The smallest absolute Gasteiger partial charge is 0.255 e. The summed E-state index contributed by atoms with van der Waals surface area (Å²) in [6, 6.07) is 20.7. The number of carbonyl (C=O) groups is 2. The van der Waals surface area contributed by atoms with Gasteiger partial charge in [0.2, 0.25) is 10.0 Å². The SMILES string of the molecule is CCS(=O)(=O)N(C)c1ccc(C(=O)Nc2cccc(C(=O)c3ccc(C(C)(C)C)cc3)c2)cc1. The van der Waals surface area contributed by atoms with E-state index in [4.69, 9.17) is 0 Å². The van der Waals surface area contributed by atoms with E-state index in [0.29, 0.717) is 28.1 Å². The summed E-state index contributed by atoms with van der Waals surface area (Å²) in [4.78, 5) is 25.7. The number of sulfonamides is 1. The lowest BCUT2D eigenvalue weighted by Gasteiger charge is -2.19. The molecule has 0 atom stereocenters. The number of nitrogens with zero attached hydrogens (tertiary/aromatic N) is 1. The molecule has 3 aromatic rings. The van der Waals surface area contributed by atoms with Gasteiger partial charge in [0.05, 0.1) is 11.4 Å². The molecule has 34 heavy (non-hydrogen) atoms. The summed E-state index contributed by atoms with van der Waals surface area (Å²) in [5.41, 5.74) is 3.56. The number of carbonyl (C=O) groups excluding carboxylic acids is 2. The fourth-order valence-electron chi connectivity index (χ4n) is 3.41. The summed E-state index contributed by atoms with van der Waals surface area (Å²) in [5, 5.41) is 2.80. The van der Waals surface area contributed by atoms with Gasteiger partial charge in [0.15, 0.2) is 5.78 Å². The average molecular weight is 479 g/mol. The van der Waals surface area contributed by atoms with Gasteiger partial charge in [0.25, 0.3) is 5.91 Å². The van der Waals surface area contributed by atoms with Crippen molar-refractivity contribution in [2.75, 3.05) is 22.4 Å². The van der Waals surface area contributed by atoms with E-state index in [0.717, 1.165) is 5.56 Å². The third-order valence-corrected chi connectivity index (χ3v) is 7.45. The molecule has 1 N–H and O–H groups in total. The summed E-state index contributed by atoms with van der Waals surface area (Å²) in [7, 11) is -1.90. The van der Waals surface area contributed by atoms with Crippen LogP contribution in [-0.2, 0) is 15.4 Å². The first kappa shape index (κ1) is 25.2. The van der Waals surface area contributed by atoms with E-state index in [2.05, 4.69) is 26.1 Å². The zero-order valence-electron chi connectivity index (χ0n) is 20.1. The van der Waals surface area contributed by atoms with E-state index in [1.54, 1.807) is 55.5 Å². The van der Waals surface area contributed by atoms with Gasteiger partial charge in [-0.2, -0.15) is 0 Å². The van der Waals surface area contributed by atoms with E-state index in [1.807, 2.05) is 24.3 Å². The van der Waals surface area contributed by atoms with Crippen LogP contribution in [0.5, 0.6) is 0 Å². The van der Waals surface area contributed by atoms with Crippen LogP contribution in [0.4, 0.5) is 11.4 Å². The molecule has 0 aromatic heterocycles. The van der Waals surface area contributed by atoms with Crippen molar-refractivity contribution in [3.05, 3.63) is 95.1 Å². The summed E-state index contributed by atoms with van der Waals surface area (Å²) in [5.74, 6) is -0.491. The molecule has 0 unspecified atom stereocenters. The lowest BCUT2D eigenvalue weighted by atomic mass is 9.86. The Labute approximate surface area is 201 Å². The Morgan fingerprint density at radius 3 is 2.00 bits per heavy atom. The van der Waals surface area contributed by atoms with Crippen molar-refractivity contribution in [3.63, 3.8) is 0 Å². The second kappa shape index (κ2) is 9.81. The summed E-state index contributed by atoms with van der Waals surface area (Å²) in [6.45, 7) is 7.94. The molecule has 0 fully saturated rings. The fraction of sp³-hybridized carbons (Fsp3) is 0.259. The molecule has 7 heteroatoms. The second-order valence-electron chi connectivity index (χ2n) is 9.11. The number of amides is 1. The lowest BCUT2D eigenvalue weighted by Crippen LogP contribution is -2.28. The number of benzene rings is 3. The molecule has 1 amide bonds. The molecule has 0 saturated carbocycles. The first-order valence-corrected chi connectivity index (χ1v) is 12.7. The first-order valence-electron chi connectivity index (χ1n) is 11.1. The van der Waals surface area contributed by atoms with Crippen molar-refractivity contribution in [3.8, 4) is 0 Å². The molecule has 0 heterocycles. The zero-order chi connectivity index (χ0) is 25.1. The topological polar surface area (TPSA) is 83.6 Å². The Hall–Kier alpha value is -3.45. The summed E-state index contributed by atoms with van der Waals surface area (Å²) >= 11 is 0. The van der Waals surface area contributed by atoms with Gasteiger partial charge in [0.1, 0.15) is 0 Å². The van der Waals surface area contributed by atoms with Crippen molar-refractivity contribution in [2.24, 2.45) is 0 Å². The number of ketones is 1. The average Bonchev–Trinajstić information content (AvgIpc) is 2.83. The van der Waals surface area contributed by atoms with Gasteiger partial charge in [-0.15, -0.1) is 0 Å². The third kappa shape index (κ3) is 5.72. The Bertz CT molecular complexity index is 1290. The van der Waals surface area contributed by atoms with E-state index in [9.17, 15) is 18.0 Å². The van der Waals surface area contributed by atoms with E-state index >= 15 is 0 Å². The molecular weight excluding hydrogens is 448 g/mol. The second-order valence-corrected chi connectivity index (χ2v) is 11.4. The van der Waals surface area contributed by atoms with E-state index in [-0.39, 0.29) is 22.9 Å². The molecule has 0 bridgehead atoms. The lowest BCUT2D eigenvalue weighted by molar-refractivity contribution is 0.102. The first-order chi connectivity index (χ1) is 15.9. The monoisotopic (exact) mass is 478 g/mol. The fourth-order valence-corrected chi connectivity index (χ4v) is 4.24. The van der Waals surface area contributed by atoms with Gasteiger partial charge < -0.3 is 5.32 Å². The van der Waals surface area contributed by atoms with Gasteiger partial charge in [-0.3, -0.25) is 13.9 Å². The molecule has 6 nitrogen and oxygen atoms in total. The van der Waals surface area contributed by atoms with Gasteiger partial charge in [-0.25, -0.2) is 8.42 Å². The minimum Gasteiger partial charge on any atom is -0.322 e. The van der Waals surface area contributed by atoms with Crippen molar-refractivity contribution in [2.45, 2.75) is 33.1 Å². The number of nitrogens with one attached hydrogen (secondary N) is 1. The van der Waals surface area contributed by atoms with Crippen molar-refractivity contribution in [1.82, 2.24) is 0 Å². The predicted octanol–water partition coefficient (Wildman–Crippen LogP) is 5.25. The highest BCUT2D eigenvalue weighted by atomic mass is 32.2. The van der Waals surface area contributed by atoms with Crippen LogP contribution in [0.2, 0.25) is 0 Å². The quantitative estimate of drug-likeness (QED) is 0.470. The van der Waals surface area contributed by atoms with Crippen LogP contribution in [-0.4, -0.2) is 32.9 Å². The number of hydrogen-bond donors (Lipinski definition) is 1. The van der Waals surface area contributed by atoms with Crippen LogP contribution >= 0.6 is 0 Å². The molecule has 3 aromatic carbocycles. The Balaban J connectivity index is 1.74. The maximum absolute atomic E-state index is 13.0. The standard InChI is InChI=1S/C27H30N2O4S/c1-6-34(32,33)29(5)24-16-12-20(13-17-24)26(31)28-23-9-7-8-21(18-23)25(30)19-10-14-22(15-11-19)27(2,3)4/h7-18H,6H2,1-5H3,(H,28,31). The highest BCUT2D eigenvalue weighted by Crippen LogP contribution is 2.24. The zero-order valence-corrected chi connectivity index (χ0v) is 20.9. The molecule has 0 aliphatic heterocycles. The Kier molecular flexibility index (Phi) is 7.26. The van der Waals surface area contributed by atoms with Crippen LogP contribution in [0, 0.1) is 0 Å². The van der Waals surface area contributed by atoms with Gasteiger partial charge in [0, 0.05) is 29.4 Å². The van der Waals surface area contributed by atoms with Crippen LogP contribution in [0.25, 0.3) is 0 Å². The number of anilines is 2. The van der Waals surface area contributed by atoms with Crippen LogP contribution in [0.3, 0.4) is 0 Å². The van der Waals surface area contributed by atoms with Crippen LogP contribution in [0.15, 0.2) is 72.8 Å². The maximum atomic E-state index is 13.0. The number of hydrogen-bond acceptors (Lipinski definition) is 4. The van der Waals surface area contributed by atoms with Gasteiger partial charge in [-0.05, 0) is 54.3 Å². The van der Waals surface area contributed by atoms with Crippen LogP contribution < -0.4 is 9.62 Å². The highest BCUT2D eigenvalue weighted by molar-refractivity contribution is 7.92. The van der Waals surface area contributed by atoms with E-state index in [1.165, 1.54) is 11.4 Å². The Morgan fingerprint density at radius 2 is 1.44 bits per heavy atom. The predicted molar refractivity (Wildman–Crippen MR) is 137 cm³/mol. The van der Waals surface area contributed by atoms with Crippen molar-refractivity contribution < 1.29 is 18.0 Å². The minimum atomic E-state index is -3.38. The molecule has 0 aliphatic rings. The molecule has 178 valence electrons. The number of rotatable bonds is 7. The molecule has 0 saturated heterocycles. The maximum Gasteiger partial charge on any atom is 0.255 e. The van der Waals surface area contributed by atoms with E-state index < -0.39 is 10.0 Å². The van der Waals surface area contributed by atoms with Crippen molar-refractivity contribution >= 4 is 33.1 Å². The molecular formula is C27H30N2O4S. The minimum absolute atomic E-state index is 0.00362. The van der Waals surface area contributed by atoms with Crippen molar-refractivity contribution in [1.29, 1.82) is 0 Å². The van der Waals surface area contributed by atoms with Crippen LogP contribution in [0.1, 0.15) is 59.5 Å². The summed E-state index contributed by atoms with van der Waals surface area (Å²) < 4.78 is 25.2. The molecule has 3 rings (SSSR count). The molecule has 0 radical (unpaired) electrons. The van der Waals surface area contributed by atoms with Gasteiger partial charge in [-0.1, -0.05) is 57.2 Å². The normalized spacial score (nSPS) is 11.7. The molecule has 0 spiro atoms. The summed E-state index contributed by atoms with van der Waals surface area (Å²) in [6.07, 6.45) is 0. The largest absolute Gasteiger partial charge is 0.322 e. The Morgan fingerprint density at radius 1 is 0.853 bits per heavy atom.